The Labute approximate surface area is 222 Å². The molecule has 2 aromatic carbocycles. The molecule has 0 aliphatic carbocycles. The van der Waals surface area contributed by atoms with Crippen molar-refractivity contribution in [1.82, 2.24) is 4.98 Å². The molecule has 0 saturated carbocycles. The summed E-state index contributed by atoms with van der Waals surface area (Å²) in [7, 11) is 0. The Kier molecular flexibility index (Phi) is 10.0. The van der Waals surface area contributed by atoms with Crippen molar-refractivity contribution in [3.63, 3.8) is 0 Å². The summed E-state index contributed by atoms with van der Waals surface area (Å²) in [5, 5.41) is 11.7. The number of nitriles is 1. The Balaban J connectivity index is 0.000000266. The van der Waals surface area contributed by atoms with Gasteiger partial charge in [0, 0.05) is 51.3 Å². The van der Waals surface area contributed by atoms with Crippen molar-refractivity contribution in [2.45, 2.75) is 20.5 Å². The lowest BCUT2D eigenvalue weighted by molar-refractivity contribution is -0.105. The summed E-state index contributed by atoms with van der Waals surface area (Å²) in [6, 6.07) is 16.4. The van der Waals surface area contributed by atoms with Gasteiger partial charge in [0.2, 0.25) is 6.41 Å². The van der Waals surface area contributed by atoms with Crippen molar-refractivity contribution in [2.24, 2.45) is 0 Å². The zero-order valence-electron chi connectivity index (χ0n) is 20.3. The topological polar surface area (TPSA) is 87.0 Å². The van der Waals surface area contributed by atoms with Crippen LogP contribution >= 0.6 is 23.3 Å². The van der Waals surface area contributed by atoms with Gasteiger partial charge in [-0.15, -0.1) is 11.3 Å². The van der Waals surface area contributed by atoms with Crippen molar-refractivity contribution in [3.05, 3.63) is 93.3 Å². The molecule has 0 aliphatic heterocycles. The van der Waals surface area contributed by atoms with Crippen LogP contribution in [0.5, 0.6) is 5.75 Å². The van der Waals surface area contributed by atoms with Crippen molar-refractivity contribution in [3.8, 4) is 23.1 Å². The first-order chi connectivity index (χ1) is 17.8. The van der Waals surface area contributed by atoms with E-state index in [1.165, 1.54) is 30.3 Å². The van der Waals surface area contributed by atoms with Crippen LogP contribution in [0, 0.1) is 36.8 Å². The lowest BCUT2D eigenvalue weighted by Crippen LogP contribution is -2.00. The van der Waals surface area contributed by atoms with Gasteiger partial charge in [0.25, 0.3) is 0 Å². The number of pyridine rings is 1. The first kappa shape index (κ1) is 27.6. The van der Waals surface area contributed by atoms with Crippen LogP contribution in [0.3, 0.4) is 0 Å². The van der Waals surface area contributed by atoms with E-state index in [0.717, 1.165) is 32.8 Å². The van der Waals surface area contributed by atoms with Gasteiger partial charge < -0.3 is 14.8 Å². The third kappa shape index (κ3) is 8.03. The third-order valence-electron chi connectivity index (χ3n) is 4.90. The Morgan fingerprint density at radius 1 is 1.11 bits per heavy atom. The zero-order chi connectivity index (χ0) is 26.8. The van der Waals surface area contributed by atoms with Crippen LogP contribution in [0.15, 0.2) is 60.8 Å². The molecule has 10 heteroatoms. The van der Waals surface area contributed by atoms with Crippen molar-refractivity contribution >= 4 is 41.1 Å². The first-order valence-corrected chi connectivity index (χ1v) is 13.0. The second kappa shape index (κ2) is 13.4. The van der Waals surface area contributed by atoms with Gasteiger partial charge in [0.05, 0.1) is 5.56 Å². The van der Waals surface area contributed by atoms with Gasteiger partial charge in [-0.1, -0.05) is 18.0 Å². The van der Waals surface area contributed by atoms with E-state index in [2.05, 4.69) is 15.0 Å². The van der Waals surface area contributed by atoms with Crippen LogP contribution in [0.2, 0.25) is 0 Å². The summed E-state index contributed by atoms with van der Waals surface area (Å²) in [6.45, 7) is 3.96. The Morgan fingerprint density at radius 2 is 1.84 bits per heavy atom. The molecule has 0 saturated heterocycles. The molecule has 1 amide bonds. The lowest BCUT2D eigenvalue weighted by Gasteiger charge is -2.11. The number of aryl methyl sites for hydroxylation is 2. The van der Waals surface area contributed by atoms with Crippen LogP contribution < -0.4 is 14.8 Å². The van der Waals surface area contributed by atoms with Gasteiger partial charge in [0.15, 0.2) is 0 Å². The molecule has 37 heavy (non-hydrogen) atoms. The fourth-order valence-corrected chi connectivity index (χ4v) is 4.69. The minimum Gasteiger partial charge on any atom is -0.487 e. The quantitative estimate of drug-likeness (QED) is 0.184. The SMILES string of the molecule is CSNc1cccc(NC=O)c1.Cc1cc(-c2ncc(C#N)cc2OCc2cc(F)cc(F)c2)c(C)s1. The highest BCUT2D eigenvalue weighted by Crippen LogP contribution is 2.35. The number of nitrogens with one attached hydrogen (secondary N) is 2. The molecule has 4 aromatic rings. The molecule has 0 bridgehead atoms. The number of ether oxygens (including phenoxy) is 1. The van der Waals surface area contributed by atoms with E-state index in [1.54, 1.807) is 17.4 Å². The molecule has 0 radical (unpaired) electrons. The van der Waals surface area contributed by atoms with E-state index in [-0.39, 0.29) is 6.61 Å². The van der Waals surface area contributed by atoms with Crippen LogP contribution in [0.25, 0.3) is 11.3 Å². The summed E-state index contributed by atoms with van der Waals surface area (Å²) in [5.74, 6) is -0.913. The number of halogens is 2. The number of rotatable bonds is 8. The fraction of sp³-hybridized carbons (Fsp3) is 0.148. The molecular formula is C27H24F2N4O2S2. The van der Waals surface area contributed by atoms with E-state index in [4.69, 9.17) is 10.00 Å². The summed E-state index contributed by atoms with van der Waals surface area (Å²) < 4.78 is 35.5. The summed E-state index contributed by atoms with van der Waals surface area (Å²) >= 11 is 3.16. The number of nitrogens with zero attached hydrogens (tertiary/aromatic N) is 2. The average Bonchev–Trinajstić information content (AvgIpc) is 3.20. The molecule has 2 N–H and O–H groups in total. The predicted molar refractivity (Wildman–Crippen MR) is 146 cm³/mol. The zero-order valence-corrected chi connectivity index (χ0v) is 22.0. The molecule has 2 heterocycles. The third-order valence-corrected chi connectivity index (χ3v) is 6.31. The fourth-order valence-electron chi connectivity index (χ4n) is 3.40. The molecule has 4 rings (SSSR count). The summed E-state index contributed by atoms with van der Waals surface area (Å²) in [6.07, 6.45) is 4.09. The maximum Gasteiger partial charge on any atom is 0.211 e. The van der Waals surface area contributed by atoms with E-state index >= 15 is 0 Å². The molecule has 0 aliphatic rings. The predicted octanol–water partition coefficient (Wildman–Crippen LogP) is 7.10. The number of hydrogen-bond donors (Lipinski definition) is 2. The van der Waals surface area contributed by atoms with Crippen LogP contribution in [0.1, 0.15) is 20.9 Å². The van der Waals surface area contributed by atoms with Gasteiger partial charge in [-0.05, 0) is 55.8 Å². The molecule has 0 fully saturated rings. The number of anilines is 2. The smallest absolute Gasteiger partial charge is 0.211 e. The second-order valence-electron chi connectivity index (χ2n) is 7.73. The molecule has 190 valence electrons. The molecule has 0 unspecified atom stereocenters. The molecule has 2 aromatic heterocycles. The number of thiophene rings is 1. The maximum atomic E-state index is 13.3. The number of amides is 1. The molecule has 6 nitrogen and oxygen atoms in total. The number of hydrogen-bond acceptors (Lipinski definition) is 7. The van der Waals surface area contributed by atoms with Gasteiger partial charge in [-0.3, -0.25) is 9.78 Å². The number of benzene rings is 2. The minimum absolute atomic E-state index is 0.0274. The van der Waals surface area contributed by atoms with E-state index in [9.17, 15) is 13.6 Å². The first-order valence-electron chi connectivity index (χ1n) is 11.0. The van der Waals surface area contributed by atoms with Crippen molar-refractivity contribution in [2.75, 3.05) is 16.3 Å². The highest BCUT2D eigenvalue weighted by atomic mass is 32.2. The largest absolute Gasteiger partial charge is 0.487 e. The van der Waals surface area contributed by atoms with Crippen LogP contribution in [0.4, 0.5) is 20.2 Å². The number of carbonyl (C=O) groups excluding carboxylic acids is 1. The second-order valence-corrected chi connectivity index (χ2v) is 9.80. The Morgan fingerprint density at radius 3 is 2.46 bits per heavy atom. The van der Waals surface area contributed by atoms with Crippen molar-refractivity contribution in [1.29, 1.82) is 5.26 Å². The Hall–Kier alpha value is -3.94. The van der Waals surface area contributed by atoms with E-state index < -0.39 is 11.6 Å². The lowest BCUT2D eigenvalue weighted by atomic mass is 10.1. The van der Waals surface area contributed by atoms with E-state index in [1.807, 2.05) is 56.5 Å². The minimum atomic E-state index is -0.660. The summed E-state index contributed by atoms with van der Waals surface area (Å²) in [4.78, 5) is 16.7. The number of aromatic nitrogens is 1. The van der Waals surface area contributed by atoms with Crippen LogP contribution in [-0.4, -0.2) is 17.6 Å². The van der Waals surface area contributed by atoms with E-state index in [0.29, 0.717) is 29.0 Å². The molecule has 0 atom stereocenters. The van der Waals surface area contributed by atoms with Crippen LogP contribution in [-0.2, 0) is 11.4 Å². The van der Waals surface area contributed by atoms with Gasteiger partial charge in [-0.25, -0.2) is 8.78 Å². The monoisotopic (exact) mass is 538 g/mol. The normalized spacial score (nSPS) is 10.1. The highest BCUT2D eigenvalue weighted by molar-refractivity contribution is 7.99. The molecule has 0 spiro atoms. The van der Waals surface area contributed by atoms with Gasteiger partial charge >= 0.3 is 0 Å². The summed E-state index contributed by atoms with van der Waals surface area (Å²) in [5.41, 5.74) is 4.03. The van der Waals surface area contributed by atoms with Gasteiger partial charge in [0.1, 0.15) is 35.8 Å². The number of carbonyl (C=O) groups is 1. The van der Waals surface area contributed by atoms with Gasteiger partial charge in [-0.2, -0.15) is 5.26 Å². The Bertz CT molecular complexity index is 1400. The van der Waals surface area contributed by atoms with Crippen molar-refractivity contribution < 1.29 is 18.3 Å². The standard InChI is InChI=1S/C19H14F2N2OS.C8H10N2OS/c1-11-3-17(12(2)25-11)19-18(6-14(8-22)9-23-19)24-10-13-4-15(20)7-16(21)5-13;1-12-10-8-4-2-3-7(5-8)9-6-11/h3-7,9H,10H2,1-2H3;2-6,10H,1H3,(H,9,11). The maximum absolute atomic E-state index is 13.3. The highest BCUT2D eigenvalue weighted by Gasteiger charge is 2.15. The molecular weight excluding hydrogens is 514 g/mol. The average molecular weight is 539 g/mol.